The van der Waals surface area contributed by atoms with E-state index in [1.807, 2.05) is 0 Å². The largest absolute Gasteiger partial charge is 0.382 e. The van der Waals surface area contributed by atoms with E-state index in [2.05, 4.69) is 15.9 Å². The molecule has 0 spiro atoms. The molecule has 0 radical (unpaired) electrons. The Morgan fingerprint density at radius 3 is 2.31 bits per heavy atom. The number of ether oxygens (including phenoxy) is 3. The lowest BCUT2D eigenvalue weighted by atomic mass is 9.86. The van der Waals surface area contributed by atoms with E-state index in [4.69, 9.17) is 14.2 Å². The Hall–Kier alpha value is 0.360. The molecule has 16 heavy (non-hydrogen) atoms. The SMILES string of the molecule is COCCOCCOC1(CBr)CCCCC1. The number of rotatable bonds is 8. The summed E-state index contributed by atoms with van der Waals surface area (Å²) >= 11 is 3.58. The van der Waals surface area contributed by atoms with Gasteiger partial charge in [-0.2, -0.15) is 0 Å². The number of alkyl halides is 1. The van der Waals surface area contributed by atoms with Gasteiger partial charge in [0.25, 0.3) is 0 Å². The molecule has 0 unspecified atom stereocenters. The highest BCUT2D eigenvalue weighted by molar-refractivity contribution is 9.09. The van der Waals surface area contributed by atoms with Crippen molar-refractivity contribution in [2.75, 3.05) is 38.9 Å². The summed E-state index contributed by atoms with van der Waals surface area (Å²) in [5.74, 6) is 0. The molecule has 0 heterocycles. The highest BCUT2D eigenvalue weighted by atomic mass is 79.9. The second-order valence-electron chi connectivity index (χ2n) is 4.33. The fraction of sp³-hybridized carbons (Fsp3) is 1.00. The van der Waals surface area contributed by atoms with Gasteiger partial charge in [0.2, 0.25) is 0 Å². The summed E-state index contributed by atoms with van der Waals surface area (Å²) < 4.78 is 16.3. The Morgan fingerprint density at radius 1 is 1.00 bits per heavy atom. The van der Waals surface area contributed by atoms with Crippen molar-refractivity contribution in [3.8, 4) is 0 Å². The Labute approximate surface area is 107 Å². The van der Waals surface area contributed by atoms with Gasteiger partial charge in [0.1, 0.15) is 0 Å². The first-order chi connectivity index (χ1) is 7.83. The molecule has 1 saturated carbocycles. The number of methoxy groups -OCH3 is 1. The van der Waals surface area contributed by atoms with Crippen molar-refractivity contribution in [2.24, 2.45) is 0 Å². The highest BCUT2D eigenvalue weighted by Gasteiger charge is 2.31. The molecule has 0 atom stereocenters. The van der Waals surface area contributed by atoms with E-state index in [0.717, 1.165) is 5.33 Å². The van der Waals surface area contributed by atoms with Gasteiger partial charge in [-0.1, -0.05) is 35.2 Å². The van der Waals surface area contributed by atoms with Crippen molar-refractivity contribution < 1.29 is 14.2 Å². The van der Waals surface area contributed by atoms with Gasteiger partial charge in [-0.05, 0) is 12.8 Å². The first kappa shape index (κ1) is 14.4. The predicted molar refractivity (Wildman–Crippen MR) is 68.3 cm³/mol. The molecule has 1 rings (SSSR count). The molecule has 0 amide bonds. The van der Waals surface area contributed by atoms with Crippen molar-refractivity contribution in [3.63, 3.8) is 0 Å². The molecule has 4 heteroatoms. The van der Waals surface area contributed by atoms with E-state index in [-0.39, 0.29) is 5.60 Å². The van der Waals surface area contributed by atoms with Crippen LogP contribution in [-0.4, -0.2) is 44.5 Å². The van der Waals surface area contributed by atoms with E-state index < -0.39 is 0 Å². The van der Waals surface area contributed by atoms with Gasteiger partial charge in [-0.3, -0.25) is 0 Å². The first-order valence-corrected chi connectivity index (χ1v) is 7.22. The smallest absolute Gasteiger partial charge is 0.0780 e. The van der Waals surface area contributed by atoms with Crippen LogP contribution in [0.4, 0.5) is 0 Å². The maximum Gasteiger partial charge on any atom is 0.0780 e. The molecule has 1 fully saturated rings. The summed E-state index contributed by atoms with van der Waals surface area (Å²) in [7, 11) is 1.68. The molecule has 0 aliphatic heterocycles. The molecular weight excluding hydrogens is 272 g/mol. The molecule has 0 aromatic carbocycles. The fourth-order valence-electron chi connectivity index (χ4n) is 2.07. The molecule has 0 bridgehead atoms. The third kappa shape index (κ3) is 5.13. The minimum Gasteiger partial charge on any atom is -0.382 e. The van der Waals surface area contributed by atoms with Gasteiger partial charge in [0, 0.05) is 12.4 Å². The normalized spacial score (nSPS) is 19.9. The van der Waals surface area contributed by atoms with E-state index in [1.54, 1.807) is 7.11 Å². The van der Waals surface area contributed by atoms with E-state index >= 15 is 0 Å². The van der Waals surface area contributed by atoms with Crippen molar-refractivity contribution in [2.45, 2.75) is 37.7 Å². The second-order valence-corrected chi connectivity index (χ2v) is 4.89. The summed E-state index contributed by atoms with van der Waals surface area (Å²) in [5.41, 5.74) is 0.0723. The van der Waals surface area contributed by atoms with Crippen LogP contribution in [0.5, 0.6) is 0 Å². The second kappa shape index (κ2) is 8.45. The standard InChI is InChI=1S/C12H23BrO3/c1-14-7-8-15-9-10-16-12(11-13)5-3-2-4-6-12/h2-11H2,1H3. The molecular formula is C12H23BrO3. The zero-order chi connectivity index (χ0) is 11.7. The van der Waals surface area contributed by atoms with Gasteiger partial charge in [-0.25, -0.2) is 0 Å². The average Bonchev–Trinajstić information content (AvgIpc) is 2.35. The van der Waals surface area contributed by atoms with E-state index in [1.165, 1.54) is 32.1 Å². The molecule has 96 valence electrons. The van der Waals surface area contributed by atoms with Crippen LogP contribution in [-0.2, 0) is 14.2 Å². The summed E-state index contributed by atoms with van der Waals surface area (Å²) in [4.78, 5) is 0. The van der Waals surface area contributed by atoms with Gasteiger partial charge >= 0.3 is 0 Å². The van der Waals surface area contributed by atoms with Gasteiger partial charge in [0.15, 0.2) is 0 Å². The molecule has 1 aliphatic rings. The van der Waals surface area contributed by atoms with Gasteiger partial charge < -0.3 is 14.2 Å². The Bertz CT molecular complexity index is 170. The highest BCUT2D eigenvalue weighted by Crippen LogP contribution is 2.32. The summed E-state index contributed by atoms with van der Waals surface area (Å²) in [6.07, 6.45) is 6.28. The molecule has 0 aromatic heterocycles. The number of hydrogen-bond acceptors (Lipinski definition) is 3. The third-order valence-corrected chi connectivity index (χ3v) is 4.10. The van der Waals surface area contributed by atoms with Crippen LogP contribution in [0.25, 0.3) is 0 Å². The number of halogens is 1. The molecule has 3 nitrogen and oxygen atoms in total. The lowest BCUT2D eigenvalue weighted by Crippen LogP contribution is -2.37. The lowest BCUT2D eigenvalue weighted by molar-refractivity contribution is -0.0747. The molecule has 1 aliphatic carbocycles. The van der Waals surface area contributed by atoms with Crippen LogP contribution < -0.4 is 0 Å². The summed E-state index contributed by atoms with van der Waals surface area (Å²) in [6, 6.07) is 0. The Morgan fingerprint density at radius 2 is 1.69 bits per heavy atom. The number of hydrogen-bond donors (Lipinski definition) is 0. The van der Waals surface area contributed by atoms with Crippen molar-refractivity contribution in [1.29, 1.82) is 0 Å². The monoisotopic (exact) mass is 294 g/mol. The van der Waals surface area contributed by atoms with E-state index in [9.17, 15) is 0 Å². The van der Waals surface area contributed by atoms with Crippen LogP contribution in [0.15, 0.2) is 0 Å². The summed E-state index contributed by atoms with van der Waals surface area (Å²) in [5, 5.41) is 0.943. The predicted octanol–water partition coefficient (Wildman–Crippen LogP) is 2.76. The van der Waals surface area contributed by atoms with Crippen LogP contribution >= 0.6 is 15.9 Å². The lowest BCUT2D eigenvalue weighted by Gasteiger charge is -2.35. The van der Waals surface area contributed by atoms with Crippen molar-refractivity contribution in [3.05, 3.63) is 0 Å². The Kier molecular flexibility index (Phi) is 7.62. The maximum atomic E-state index is 5.99. The minimum atomic E-state index is 0.0723. The topological polar surface area (TPSA) is 27.7 Å². The molecule has 0 aromatic rings. The maximum absolute atomic E-state index is 5.99. The zero-order valence-corrected chi connectivity index (χ0v) is 11.8. The van der Waals surface area contributed by atoms with Crippen molar-refractivity contribution >= 4 is 15.9 Å². The van der Waals surface area contributed by atoms with Crippen LogP contribution in [0.3, 0.4) is 0 Å². The van der Waals surface area contributed by atoms with E-state index in [0.29, 0.717) is 26.4 Å². The molecule has 0 N–H and O–H groups in total. The first-order valence-electron chi connectivity index (χ1n) is 6.09. The third-order valence-electron chi connectivity index (χ3n) is 3.08. The fourth-order valence-corrected chi connectivity index (χ4v) is 2.80. The zero-order valence-electron chi connectivity index (χ0n) is 10.2. The minimum absolute atomic E-state index is 0.0723. The van der Waals surface area contributed by atoms with Crippen LogP contribution in [0.1, 0.15) is 32.1 Å². The van der Waals surface area contributed by atoms with Crippen molar-refractivity contribution in [1.82, 2.24) is 0 Å². The quantitative estimate of drug-likeness (QED) is 0.509. The molecule has 0 saturated heterocycles. The van der Waals surface area contributed by atoms with Gasteiger partial charge in [-0.15, -0.1) is 0 Å². The average molecular weight is 295 g/mol. The summed E-state index contributed by atoms with van der Waals surface area (Å²) in [6.45, 7) is 2.66. The van der Waals surface area contributed by atoms with Gasteiger partial charge in [0.05, 0.1) is 32.0 Å². The Balaban J connectivity index is 2.08. The van der Waals surface area contributed by atoms with Crippen LogP contribution in [0, 0.1) is 0 Å². The van der Waals surface area contributed by atoms with Crippen LogP contribution in [0.2, 0.25) is 0 Å².